The van der Waals surface area contributed by atoms with Crippen LogP contribution in [0, 0.1) is 0 Å². The number of ether oxygens (including phenoxy) is 1. The Bertz CT molecular complexity index is 497. The van der Waals surface area contributed by atoms with Crippen LogP contribution < -0.4 is 9.62 Å². The molecule has 5 nitrogen and oxygen atoms in total. The van der Waals surface area contributed by atoms with E-state index in [0.717, 1.165) is 19.3 Å². The van der Waals surface area contributed by atoms with E-state index in [9.17, 15) is 8.42 Å². The molecule has 1 aliphatic carbocycles. The fraction of sp³-hybridized carbons (Fsp3) is 0.500. The Balaban J connectivity index is 2.12. The number of sulfonamides is 1. The molecule has 0 saturated heterocycles. The van der Waals surface area contributed by atoms with Crippen LogP contribution in [0.5, 0.6) is 5.75 Å². The molecular weight excluding hydrogens is 254 g/mol. The number of hydrogen-bond donors (Lipinski definition) is 1. The zero-order valence-corrected chi connectivity index (χ0v) is 11.1. The van der Waals surface area contributed by atoms with E-state index >= 15 is 0 Å². The molecule has 18 heavy (non-hydrogen) atoms. The lowest BCUT2D eigenvalue weighted by Gasteiger charge is -2.24. The van der Waals surface area contributed by atoms with Gasteiger partial charge in [-0.05, 0) is 38.3 Å². The van der Waals surface area contributed by atoms with Crippen molar-refractivity contribution in [1.29, 1.82) is 0 Å². The lowest BCUT2D eigenvalue weighted by atomic mass is 9.97. The molecule has 0 aliphatic heterocycles. The number of hydrogen-bond acceptors (Lipinski definition) is 4. The van der Waals surface area contributed by atoms with Crippen molar-refractivity contribution >= 4 is 10.0 Å². The molecule has 0 aromatic heterocycles. The maximum Gasteiger partial charge on any atom is 0.266 e. The van der Waals surface area contributed by atoms with Gasteiger partial charge in [0, 0.05) is 0 Å². The van der Waals surface area contributed by atoms with Crippen molar-refractivity contribution < 1.29 is 18.0 Å². The highest BCUT2D eigenvalue weighted by Crippen LogP contribution is 2.25. The molecule has 1 aliphatic rings. The molecule has 0 radical (unpaired) electrons. The summed E-state index contributed by atoms with van der Waals surface area (Å²) >= 11 is 0. The molecule has 0 amide bonds. The lowest BCUT2D eigenvalue weighted by molar-refractivity contribution is -0.0280. The van der Waals surface area contributed by atoms with Gasteiger partial charge in [0.15, 0.2) is 0 Å². The van der Waals surface area contributed by atoms with Crippen molar-refractivity contribution in [1.82, 2.24) is 4.89 Å². The van der Waals surface area contributed by atoms with Crippen LogP contribution in [0.4, 0.5) is 0 Å². The van der Waals surface area contributed by atoms with Crippen molar-refractivity contribution in [3.8, 4) is 5.75 Å². The molecule has 1 aromatic rings. The molecule has 0 unspecified atom stereocenters. The molecule has 6 heteroatoms. The third-order valence-electron chi connectivity index (χ3n) is 2.82. The highest BCUT2D eigenvalue weighted by molar-refractivity contribution is 7.89. The first-order chi connectivity index (χ1) is 8.63. The van der Waals surface area contributed by atoms with E-state index in [0.29, 0.717) is 12.4 Å². The van der Waals surface area contributed by atoms with Gasteiger partial charge in [0.05, 0.1) is 12.7 Å². The average Bonchev–Trinajstić information content (AvgIpc) is 2.28. The quantitative estimate of drug-likeness (QED) is 0.802. The first-order valence-electron chi connectivity index (χ1n) is 6.03. The number of nitrogens with one attached hydrogen (secondary N) is 1. The van der Waals surface area contributed by atoms with Crippen LogP contribution in [0.3, 0.4) is 0 Å². The molecule has 0 bridgehead atoms. The van der Waals surface area contributed by atoms with Gasteiger partial charge in [-0.15, -0.1) is 0 Å². The van der Waals surface area contributed by atoms with Gasteiger partial charge in [-0.1, -0.05) is 17.0 Å². The standard InChI is InChI=1S/C12H17NO4S/c1-2-16-11-8-3-4-9-12(11)18(14,15)13-17-10-6-5-7-10/h3-4,8-10,13H,2,5-7H2,1H3. The Kier molecular flexibility index (Phi) is 4.21. The van der Waals surface area contributed by atoms with Crippen LogP contribution in [0.2, 0.25) is 0 Å². The normalized spacial score (nSPS) is 16.3. The van der Waals surface area contributed by atoms with Gasteiger partial charge in [-0.2, -0.15) is 0 Å². The van der Waals surface area contributed by atoms with Gasteiger partial charge in [0.1, 0.15) is 10.6 Å². The van der Waals surface area contributed by atoms with Gasteiger partial charge in [0.25, 0.3) is 10.0 Å². The topological polar surface area (TPSA) is 64.6 Å². The molecule has 0 spiro atoms. The Hall–Kier alpha value is -1.11. The highest BCUT2D eigenvalue weighted by Gasteiger charge is 2.24. The summed E-state index contributed by atoms with van der Waals surface area (Å²) in [6.07, 6.45) is 2.88. The molecule has 2 rings (SSSR count). The molecule has 1 aromatic carbocycles. The van der Waals surface area contributed by atoms with Crippen LogP contribution in [0.15, 0.2) is 29.2 Å². The smallest absolute Gasteiger partial charge is 0.266 e. The summed E-state index contributed by atoms with van der Waals surface area (Å²) in [4.78, 5) is 7.41. The maximum atomic E-state index is 12.1. The van der Waals surface area contributed by atoms with E-state index < -0.39 is 10.0 Å². The largest absolute Gasteiger partial charge is 0.492 e. The first kappa shape index (κ1) is 13.3. The van der Waals surface area contributed by atoms with E-state index in [4.69, 9.17) is 9.57 Å². The summed E-state index contributed by atoms with van der Waals surface area (Å²) in [5, 5.41) is 0. The first-order valence-corrected chi connectivity index (χ1v) is 7.51. The second-order valence-corrected chi connectivity index (χ2v) is 5.75. The zero-order valence-electron chi connectivity index (χ0n) is 10.3. The van der Waals surface area contributed by atoms with Crippen LogP contribution in [0.1, 0.15) is 26.2 Å². The minimum Gasteiger partial charge on any atom is -0.492 e. The monoisotopic (exact) mass is 271 g/mol. The van der Waals surface area contributed by atoms with Gasteiger partial charge in [-0.25, -0.2) is 8.42 Å². The Labute approximate surface area is 107 Å². The fourth-order valence-corrected chi connectivity index (χ4v) is 2.61. The molecule has 1 N–H and O–H groups in total. The minimum absolute atomic E-state index is 0.000897. The van der Waals surface area contributed by atoms with E-state index in [2.05, 4.69) is 4.89 Å². The van der Waals surface area contributed by atoms with Gasteiger partial charge < -0.3 is 4.74 Å². The van der Waals surface area contributed by atoms with E-state index in [-0.39, 0.29) is 11.0 Å². The maximum absolute atomic E-state index is 12.1. The average molecular weight is 271 g/mol. The SMILES string of the molecule is CCOc1ccccc1S(=O)(=O)NOC1CCC1. The van der Waals surface area contributed by atoms with Crippen molar-refractivity contribution in [2.24, 2.45) is 0 Å². The molecule has 100 valence electrons. The fourth-order valence-electron chi connectivity index (χ4n) is 1.61. The van der Waals surface area contributed by atoms with Crippen LogP contribution in [0.25, 0.3) is 0 Å². The third kappa shape index (κ3) is 3.01. The van der Waals surface area contributed by atoms with Crippen LogP contribution in [-0.2, 0) is 14.9 Å². The summed E-state index contributed by atoms with van der Waals surface area (Å²) in [5.41, 5.74) is 0. The van der Waals surface area contributed by atoms with Crippen molar-refractivity contribution in [2.45, 2.75) is 37.2 Å². The lowest BCUT2D eigenvalue weighted by Crippen LogP contribution is -2.33. The Morgan fingerprint density at radius 2 is 2.06 bits per heavy atom. The van der Waals surface area contributed by atoms with Crippen molar-refractivity contribution in [2.75, 3.05) is 6.61 Å². The van der Waals surface area contributed by atoms with Gasteiger partial charge in [0.2, 0.25) is 0 Å². The Morgan fingerprint density at radius 3 is 2.67 bits per heavy atom. The summed E-state index contributed by atoms with van der Waals surface area (Å²) in [7, 11) is -3.68. The van der Waals surface area contributed by atoms with Gasteiger partial charge >= 0.3 is 0 Å². The molecule has 1 fully saturated rings. The summed E-state index contributed by atoms with van der Waals surface area (Å²) in [6, 6.07) is 6.51. The number of para-hydroxylation sites is 1. The molecule has 0 atom stereocenters. The minimum atomic E-state index is -3.68. The summed E-state index contributed by atoms with van der Waals surface area (Å²) in [5.74, 6) is 0.338. The number of rotatable bonds is 6. The predicted octanol–water partition coefficient (Wildman–Crippen LogP) is 1.85. The highest BCUT2D eigenvalue weighted by atomic mass is 32.2. The second-order valence-electron chi connectivity index (χ2n) is 4.14. The molecule has 0 heterocycles. The molecule has 1 saturated carbocycles. The summed E-state index contributed by atoms with van der Waals surface area (Å²) in [6.45, 7) is 2.22. The number of benzene rings is 1. The Morgan fingerprint density at radius 1 is 1.33 bits per heavy atom. The van der Waals surface area contributed by atoms with Gasteiger partial charge in [-0.3, -0.25) is 4.84 Å². The molecular formula is C12H17NO4S. The van der Waals surface area contributed by atoms with E-state index in [1.54, 1.807) is 18.2 Å². The van der Waals surface area contributed by atoms with E-state index in [1.807, 2.05) is 6.92 Å². The third-order valence-corrected chi connectivity index (χ3v) is 4.05. The predicted molar refractivity (Wildman–Crippen MR) is 66.7 cm³/mol. The second kappa shape index (κ2) is 5.69. The van der Waals surface area contributed by atoms with Crippen molar-refractivity contribution in [3.63, 3.8) is 0 Å². The van der Waals surface area contributed by atoms with Crippen LogP contribution >= 0.6 is 0 Å². The van der Waals surface area contributed by atoms with Crippen molar-refractivity contribution in [3.05, 3.63) is 24.3 Å². The van der Waals surface area contributed by atoms with E-state index in [1.165, 1.54) is 6.07 Å². The zero-order chi connectivity index (χ0) is 13.0. The van der Waals surface area contributed by atoms with Crippen LogP contribution in [-0.4, -0.2) is 21.1 Å². The summed E-state index contributed by atoms with van der Waals surface area (Å²) < 4.78 is 29.4.